The predicted molar refractivity (Wildman–Crippen MR) is 59.0 cm³/mol. The first-order valence-electron chi connectivity index (χ1n) is 5.37. The Balaban J connectivity index is 3.15. The second kappa shape index (κ2) is 7.23. The summed E-state index contributed by atoms with van der Waals surface area (Å²) in [7, 11) is -3.73. The van der Waals surface area contributed by atoms with Crippen LogP contribution in [0.3, 0.4) is 0 Å². The minimum absolute atomic E-state index is 0.0861. The van der Waals surface area contributed by atoms with Crippen LogP contribution in [-0.2, 0) is 10.1 Å². The van der Waals surface area contributed by atoms with Crippen molar-refractivity contribution in [2.24, 2.45) is 5.92 Å². The molecule has 0 unspecified atom stereocenters. The van der Waals surface area contributed by atoms with Crippen LogP contribution in [0.1, 0.15) is 52.4 Å². The Labute approximate surface area is 87.7 Å². The maximum atomic E-state index is 10.4. The second-order valence-electron chi connectivity index (χ2n) is 4.24. The average Bonchev–Trinajstić information content (AvgIpc) is 2.00. The van der Waals surface area contributed by atoms with Crippen LogP contribution in [0, 0.1) is 5.92 Å². The number of hydrogen-bond donors (Lipinski definition) is 1. The van der Waals surface area contributed by atoms with Gasteiger partial charge >= 0.3 is 0 Å². The second-order valence-corrected chi connectivity index (χ2v) is 5.81. The molecule has 0 aliphatic heterocycles. The van der Waals surface area contributed by atoms with Crippen molar-refractivity contribution < 1.29 is 13.0 Å². The molecule has 0 fully saturated rings. The van der Waals surface area contributed by atoms with Crippen LogP contribution in [0.2, 0.25) is 0 Å². The van der Waals surface area contributed by atoms with Crippen LogP contribution < -0.4 is 0 Å². The topological polar surface area (TPSA) is 54.4 Å². The van der Waals surface area contributed by atoms with Gasteiger partial charge in [-0.05, 0) is 12.3 Å². The molecule has 0 aromatic heterocycles. The van der Waals surface area contributed by atoms with E-state index >= 15 is 0 Å². The highest BCUT2D eigenvalue weighted by atomic mass is 32.2. The molecule has 14 heavy (non-hydrogen) atoms. The SMILES string of the molecule is CC(C)CCCCCCCS(=O)(=O)O. The highest BCUT2D eigenvalue weighted by Gasteiger charge is 2.02. The van der Waals surface area contributed by atoms with Crippen LogP contribution in [0.25, 0.3) is 0 Å². The van der Waals surface area contributed by atoms with E-state index in [0.717, 1.165) is 18.8 Å². The Morgan fingerprint density at radius 3 is 2.00 bits per heavy atom. The molecule has 0 heterocycles. The lowest BCUT2D eigenvalue weighted by molar-refractivity contribution is 0.477. The van der Waals surface area contributed by atoms with Gasteiger partial charge in [0.1, 0.15) is 0 Å². The molecule has 0 aromatic carbocycles. The largest absolute Gasteiger partial charge is 0.286 e. The lowest BCUT2D eigenvalue weighted by Gasteiger charge is -2.03. The zero-order valence-corrected chi connectivity index (χ0v) is 10.0. The van der Waals surface area contributed by atoms with Crippen molar-refractivity contribution in [3.05, 3.63) is 0 Å². The number of unbranched alkanes of at least 4 members (excludes halogenated alkanes) is 4. The molecule has 0 radical (unpaired) electrons. The van der Waals surface area contributed by atoms with Crippen LogP contribution in [0.4, 0.5) is 0 Å². The zero-order valence-electron chi connectivity index (χ0n) is 9.20. The Morgan fingerprint density at radius 1 is 1.00 bits per heavy atom. The van der Waals surface area contributed by atoms with E-state index in [4.69, 9.17) is 4.55 Å². The number of hydrogen-bond acceptors (Lipinski definition) is 2. The summed E-state index contributed by atoms with van der Waals surface area (Å²) >= 11 is 0. The van der Waals surface area contributed by atoms with E-state index in [1.165, 1.54) is 19.3 Å². The molecular weight excluding hydrogens is 200 g/mol. The van der Waals surface area contributed by atoms with Crippen molar-refractivity contribution in [1.29, 1.82) is 0 Å². The fourth-order valence-electron chi connectivity index (χ4n) is 1.37. The lowest BCUT2D eigenvalue weighted by Crippen LogP contribution is -2.03. The maximum absolute atomic E-state index is 10.4. The summed E-state index contributed by atoms with van der Waals surface area (Å²) in [6, 6.07) is 0. The summed E-state index contributed by atoms with van der Waals surface area (Å²) < 4.78 is 29.2. The Morgan fingerprint density at radius 2 is 1.50 bits per heavy atom. The molecule has 0 aliphatic carbocycles. The van der Waals surface area contributed by atoms with E-state index in [2.05, 4.69) is 13.8 Å². The third-order valence-corrected chi connectivity index (χ3v) is 2.99. The summed E-state index contributed by atoms with van der Waals surface area (Å²) in [5.41, 5.74) is 0. The first-order valence-corrected chi connectivity index (χ1v) is 6.98. The Kier molecular flexibility index (Phi) is 7.19. The van der Waals surface area contributed by atoms with Crippen molar-refractivity contribution in [2.45, 2.75) is 52.4 Å². The monoisotopic (exact) mass is 222 g/mol. The molecule has 0 aromatic rings. The van der Waals surface area contributed by atoms with Gasteiger partial charge in [0.25, 0.3) is 10.1 Å². The van der Waals surface area contributed by atoms with Gasteiger partial charge in [-0.3, -0.25) is 4.55 Å². The summed E-state index contributed by atoms with van der Waals surface area (Å²) in [6.07, 6.45) is 6.20. The first-order chi connectivity index (χ1) is 6.42. The van der Waals surface area contributed by atoms with Crippen molar-refractivity contribution in [3.63, 3.8) is 0 Å². The average molecular weight is 222 g/mol. The number of rotatable bonds is 8. The van der Waals surface area contributed by atoms with Gasteiger partial charge in [0.05, 0.1) is 5.75 Å². The minimum Gasteiger partial charge on any atom is -0.286 e. The fourth-order valence-corrected chi connectivity index (χ4v) is 1.94. The molecule has 0 rings (SSSR count). The molecule has 0 amide bonds. The van der Waals surface area contributed by atoms with Crippen LogP contribution in [-0.4, -0.2) is 18.7 Å². The summed E-state index contributed by atoms with van der Waals surface area (Å²) in [4.78, 5) is 0. The van der Waals surface area contributed by atoms with Gasteiger partial charge < -0.3 is 0 Å². The van der Waals surface area contributed by atoms with Crippen LogP contribution >= 0.6 is 0 Å². The summed E-state index contributed by atoms with van der Waals surface area (Å²) in [5.74, 6) is 0.671. The lowest BCUT2D eigenvalue weighted by atomic mass is 10.0. The molecule has 3 nitrogen and oxygen atoms in total. The standard InChI is InChI=1S/C10H22O3S/c1-10(2)8-6-4-3-5-7-9-14(11,12)13/h10H,3-9H2,1-2H3,(H,11,12,13). The Hall–Kier alpha value is -0.0900. The molecule has 0 aliphatic rings. The third-order valence-electron chi connectivity index (χ3n) is 2.18. The van der Waals surface area contributed by atoms with Gasteiger partial charge in [-0.15, -0.1) is 0 Å². The highest BCUT2D eigenvalue weighted by Crippen LogP contribution is 2.10. The van der Waals surface area contributed by atoms with Gasteiger partial charge in [0, 0.05) is 0 Å². The quantitative estimate of drug-likeness (QED) is 0.507. The van der Waals surface area contributed by atoms with E-state index < -0.39 is 10.1 Å². The molecule has 0 atom stereocenters. The molecule has 1 N–H and O–H groups in total. The normalized spacial score (nSPS) is 12.3. The van der Waals surface area contributed by atoms with Gasteiger partial charge in [-0.1, -0.05) is 46.0 Å². The van der Waals surface area contributed by atoms with Gasteiger partial charge in [0.2, 0.25) is 0 Å². The van der Waals surface area contributed by atoms with Gasteiger partial charge in [-0.25, -0.2) is 0 Å². The fraction of sp³-hybridized carbons (Fsp3) is 1.00. The van der Waals surface area contributed by atoms with Crippen LogP contribution in [0.5, 0.6) is 0 Å². The van der Waals surface area contributed by atoms with Crippen LogP contribution in [0.15, 0.2) is 0 Å². The molecule has 0 spiro atoms. The third kappa shape index (κ3) is 11.9. The molecule has 4 heteroatoms. The van der Waals surface area contributed by atoms with E-state index in [0.29, 0.717) is 6.42 Å². The molecule has 0 saturated carbocycles. The van der Waals surface area contributed by atoms with Gasteiger partial charge in [0.15, 0.2) is 0 Å². The molecule has 0 saturated heterocycles. The summed E-state index contributed by atoms with van der Waals surface area (Å²) in [6.45, 7) is 4.41. The van der Waals surface area contributed by atoms with Crippen molar-refractivity contribution in [1.82, 2.24) is 0 Å². The predicted octanol–water partition coefficient (Wildman–Crippen LogP) is 2.87. The highest BCUT2D eigenvalue weighted by molar-refractivity contribution is 7.85. The van der Waals surface area contributed by atoms with E-state index in [-0.39, 0.29) is 5.75 Å². The summed E-state index contributed by atoms with van der Waals surface area (Å²) in [5, 5.41) is 0. The smallest absolute Gasteiger partial charge is 0.264 e. The minimum atomic E-state index is -3.73. The Bertz CT molecular complexity index is 220. The van der Waals surface area contributed by atoms with Crippen molar-refractivity contribution in [2.75, 3.05) is 5.75 Å². The first kappa shape index (κ1) is 13.9. The molecule has 0 bridgehead atoms. The van der Waals surface area contributed by atoms with Crippen molar-refractivity contribution >= 4 is 10.1 Å². The molecule has 86 valence electrons. The van der Waals surface area contributed by atoms with E-state index in [1.807, 2.05) is 0 Å². The zero-order chi connectivity index (χ0) is 11.0. The van der Waals surface area contributed by atoms with Gasteiger partial charge in [-0.2, -0.15) is 8.42 Å². The van der Waals surface area contributed by atoms with E-state index in [1.54, 1.807) is 0 Å². The van der Waals surface area contributed by atoms with Crippen molar-refractivity contribution in [3.8, 4) is 0 Å². The van der Waals surface area contributed by atoms with E-state index in [9.17, 15) is 8.42 Å². The molecular formula is C10H22O3S. The maximum Gasteiger partial charge on any atom is 0.264 e.